The molecule has 23 heavy (non-hydrogen) atoms. The molecule has 128 valence electrons. The molecule has 0 aromatic heterocycles. The number of benzene rings is 1. The predicted molar refractivity (Wildman–Crippen MR) is 88.2 cm³/mol. The number of carbonyl (C=O) groups excluding carboxylic acids is 1. The zero-order valence-corrected chi connectivity index (χ0v) is 14.6. The van der Waals surface area contributed by atoms with E-state index in [1.165, 1.54) is 19.2 Å². The Balaban J connectivity index is 2.25. The monoisotopic (exact) mass is 340 g/mol. The van der Waals surface area contributed by atoms with E-state index in [1.54, 1.807) is 6.07 Å². The third-order valence-corrected chi connectivity index (χ3v) is 5.26. The highest BCUT2D eigenvalue weighted by molar-refractivity contribution is 7.89. The topological polar surface area (TPSA) is 84.5 Å². The minimum Gasteiger partial charge on any atom is -0.495 e. The molecule has 2 N–H and O–H groups in total. The first-order valence-corrected chi connectivity index (χ1v) is 9.37. The molecule has 1 unspecified atom stereocenters. The highest BCUT2D eigenvalue weighted by Gasteiger charge is 2.30. The molecule has 1 fully saturated rings. The molecule has 1 atom stereocenters. The highest BCUT2D eigenvalue weighted by Crippen LogP contribution is 2.28. The molecule has 0 heterocycles. The fourth-order valence-electron chi connectivity index (χ4n) is 2.32. The molecule has 0 bridgehead atoms. The number of amides is 1. The smallest absolute Gasteiger partial charge is 0.251 e. The molecule has 1 aliphatic rings. The predicted octanol–water partition coefficient (Wildman–Crippen LogP) is 2.05. The van der Waals surface area contributed by atoms with Gasteiger partial charge in [-0.1, -0.05) is 13.3 Å². The zero-order chi connectivity index (χ0) is 17.0. The summed E-state index contributed by atoms with van der Waals surface area (Å²) in [7, 11) is -2.28. The summed E-state index contributed by atoms with van der Waals surface area (Å²) in [4.78, 5) is 12.3. The fourth-order valence-corrected chi connectivity index (χ4v) is 3.82. The molecule has 1 aliphatic carbocycles. The van der Waals surface area contributed by atoms with E-state index >= 15 is 0 Å². The van der Waals surface area contributed by atoms with E-state index in [4.69, 9.17) is 4.74 Å². The molecule has 1 aromatic rings. The third kappa shape index (κ3) is 4.68. The van der Waals surface area contributed by atoms with Crippen LogP contribution >= 0.6 is 0 Å². The van der Waals surface area contributed by atoms with Gasteiger partial charge in [0.2, 0.25) is 10.0 Å². The standard InChI is InChI=1S/C16H24N2O4S/c1-4-5-11(2)17-16(19)12-6-9-14(22-3)15(10-12)23(20,21)18-13-7-8-13/h6,9-11,13,18H,4-5,7-8H2,1-3H3,(H,17,19). The van der Waals surface area contributed by atoms with Gasteiger partial charge in [-0.15, -0.1) is 0 Å². The molecule has 0 saturated heterocycles. The van der Waals surface area contributed by atoms with Crippen molar-refractivity contribution in [2.75, 3.05) is 7.11 Å². The van der Waals surface area contributed by atoms with Crippen LogP contribution in [-0.4, -0.2) is 33.5 Å². The Bertz CT molecular complexity index is 669. The van der Waals surface area contributed by atoms with Gasteiger partial charge in [0, 0.05) is 17.6 Å². The summed E-state index contributed by atoms with van der Waals surface area (Å²) in [6.45, 7) is 3.97. The average molecular weight is 340 g/mol. The van der Waals surface area contributed by atoms with Gasteiger partial charge < -0.3 is 10.1 Å². The second kappa shape index (κ2) is 7.31. The lowest BCUT2D eigenvalue weighted by Crippen LogP contribution is -2.32. The van der Waals surface area contributed by atoms with Gasteiger partial charge in [-0.2, -0.15) is 0 Å². The number of methoxy groups -OCH3 is 1. The first-order chi connectivity index (χ1) is 10.9. The molecular weight excluding hydrogens is 316 g/mol. The van der Waals surface area contributed by atoms with Crippen LogP contribution in [0.4, 0.5) is 0 Å². The summed E-state index contributed by atoms with van der Waals surface area (Å²) in [6, 6.07) is 4.49. The van der Waals surface area contributed by atoms with Crippen LogP contribution in [0.5, 0.6) is 5.75 Å². The first kappa shape index (κ1) is 17.7. The van der Waals surface area contributed by atoms with Gasteiger partial charge in [0.15, 0.2) is 0 Å². The Morgan fingerprint density at radius 2 is 2.09 bits per heavy atom. The molecule has 6 nitrogen and oxygen atoms in total. The van der Waals surface area contributed by atoms with Gasteiger partial charge in [-0.05, 0) is 44.4 Å². The van der Waals surface area contributed by atoms with Gasteiger partial charge in [-0.3, -0.25) is 4.79 Å². The summed E-state index contributed by atoms with van der Waals surface area (Å²) < 4.78 is 32.6. The van der Waals surface area contributed by atoms with Crippen molar-refractivity contribution in [1.29, 1.82) is 0 Å². The van der Waals surface area contributed by atoms with Crippen molar-refractivity contribution in [1.82, 2.24) is 10.0 Å². The zero-order valence-electron chi connectivity index (χ0n) is 13.8. The minimum atomic E-state index is -3.69. The number of ether oxygens (including phenoxy) is 1. The van der Waals surface area contributed by atoms with Gasteiger partial charge >= 0.3 is 0 Å². The number of carbonyl (C=O) groups is 1. The normalized spacial score (nSPS) is 16.0. The Morgan fingerprint density at radius 3 is 2.65 bits per heavy atom. The van der Waals surface area contributed by atoms with Gasteiger partial charge in [0.05, 0.1) is 7.11 Å². The molecule has 0 aliphatic heterocycles. The first-order valence-electron chi connectivity index (χ1n) is 7.88. The van der Waals surface area contributed by atoms with Crippen molar-refractivity contribution >= 4 is 15.9 Å². The highest BCUT2D eigenvalue weighted by atomic mass is 32.2. The summed E-state index contributed by atoms with van der Waals surface area (Å²) in [5, 5.41) is 2.87. The Morgan fingerprint density at radius 1 is 1.39 bits per heavy atom. The molecule has 0 spiro atoms. The fraction of sp³-hybridized carbons (Fsp3) is 0.562. The van der Waals surface area contributed by atoms with Crippen molar-refractivity contribution in [3.8, 4) is 5.75 Å². The summed E-state index contributed by atoms with van der Waals surface area (Å²) >= 11 is 0. The van der Waals surface area contributed by atoms with Crippen molar-refractivity contribution in [2.24, 2.45) is 0 Å². The van der Waals surface area contributed by atoms with Gasteiger partial charge in [0.25, 0.3) is 5.91 Å². The van der Waals surface area contributed by atoms with E-state index in [0.29, 0.717) is 5.56 Å². The maximum absolute atomic E-state index is 12.4. The van der Waals surface area contributed by atoms with Crippen molar-refractivity contribution in [3.05, 3.63) is 23.8 Å². The largest absolute Gasteiger partial charge is 0.495 e. The number of nitrogens with one attached hydrogen (secondary N) is 2. The lowest BCUT2D eigenvalue weighted by molar-refractivity contribution is 0.0938. The van der Waals surface area contributed by atoms with Crippen LogP contribution in [-0.2, 0) is 10.0 Å². The minimum absolute atomic E-state index is 0.00249. The Hall–Kier alpha value is -1.60. The number of sulfonamides is 1. The van der Waals surface area contributed by atoms with Gasteiger partial charge in [-0.25, -0.2) is 13.1 Å². The Labute approximate surface area is 137 Å². The number of hydrogen-bond acceptors (Lipinski definition) is 4. The van der Waals surface area contributed by atoms with Crippen LogP contribution in [0.1, 0.15) is 49.9 Å². The van der Waals surface area contributed by atoms with Gasteiger partial charge in [0.1, 0.15) is 10.6 Å². The van der Waals surface area contributed by atoms with Crippen LogP contribution in [0.2, 0.25) is 0 Å². The summed E-state index contributed by atoms with van der Waals surface area (Å²) in [5.41, 5.74) is 0.310. The Kier molecular flexibility index (Phi) is 5.64. The molecular formula is C16H24N2O4S. The number of rotatable bonds is 8. The maximum atomic E-state index is 12.4. The molecule has 7 heteroatoms. The maximum Gasteiger partial charge on any atom is 0.251 e. The number of hydrogen-bond donors (Lipinski definition) is 2. The van der Waals surface area contributed by atoms with Crippen molar-refractivity contribution in [3.63, 3.8) is 0 Å². The van der Waals surface area contributed by atoms with Crippen molar-refractivity contribution in [2.45, 2.75) is 56.5 Å². The lowest BCUT2D eigenvalue weighted by Gasteiger charge is -2.15. The molecule has 1 amide bonds. The lowest BCUT2D eigenvalue weighted by atomic mass is 10.1. The molecule has 1 saturated carbocycles. The SMILES string of the molecule is CCCC(C)NC(=O)c1ccc(OC)c(S(=O)(=O)NC2CC2)c1. The summed E-state index contributed by atoms with van der Waals surface area (Å²) in [6.07, 6.45) is 3.53. The summed E-state index contributed by atoms with van der Waals surface area (Å²) in [5.74, 6) is -0.0484. The average Bonchev–Trinajstić information content (AvgIpc) is 3.30. The molecule has 2 rings (SSSR count). The van der Waals surface area contributed by atoms with Crippen LogP contribution in [0, 0.1) is 0 Å². The van der Waals surface area contributed by atoms with E-state index in [2.05, 4.69) is 10.0 Å². The van der Waals surface area contributed by atoms with Crippen LogP contribution in [0.3, 0.4) is 0 Å². The van der Waals surface area contributed by atoms with Crippen molar-refractivity contribution < 1.29 is 17.9 Å². The van der Waals surface area contributed by atoms with E-state index < -0.39 is 10.0 Å². The third-order valence-electron chi connectivity index (χ3n) is 3.71. The second-order valence-corrected chi connectivity index (χ2v) is 7.61. The van der Waals surface area contributed by atoms with E-state index in [0.717, 1.165) is 25.7 Å². The molecule has 0 radical (unpaired) electrons. The van der Waals surface area contributed by atoms with Crippen LogP contribution in [0.15, 0.2) is 23.1 Å². The van der Waals surface area contributed by atoms with E-state index in [-0.39, 0.29) is 28.6 Å². The molecule has 1 aromatic carbocycles. The van der Waals surface area contributed by atoms with E-state index in [9.17, 15) is 13.2 Å². The second-order valence-electron chi connectivity index (χ2n) is 5.92. The van der Waals surface area contributed by atoms with E-state index in [1.807, 2.05) is 13.8 Å². The quantitative estimate of drug-likeness (QED) is 0.758. The van der Waals surface area contributed by atoms with Crippen LogP contribution < -0.4 is 14.8 Å². The van der Waals surface area contributed by atoms with Crippen LogP contribution in [0.25, 0.3) is 0 Å².